The lowest BCUT2D eigenvalue weighted by Gasteiger charge is -2.34. The largest absolute Gasteiger partial charge is 0.496 e. The second kappa shape index (κ2) is 9.46. The third kappa shape index (κ3) is 4.61. The van der Waals surface area contributed by atoms with E-state index in [0.29, 0.717) is 41.4 Å². The minimum atomic E-state index is -0.327. The van der Waals surface area contributed by atoms with Crippen LogP contribution in [0, 0.1) is 0 Å². The summed E-state index contributed by atoms with van der Waals surface area (Å²) in [6.45, 7) is 4.53. The molecule has 33 heavy (non-hydrogen) atoms. The number of carbonyl (C=O) groups excluding carboxylic acids is 3. The Hall–Kier alpha value is -3.65. The first kappa shape index (κ1) is 22.5. The number of hydrogen-bond donors (Lipinski definition) is 1. The van der Waals surface area contributed by atoms with Gasteiger partial charge in [0.25, 0.3) is 11.8 Å². The molecule has 3 amide bonds. The average Bonchev–Trinajstić information content (AvgIpc) is 3.05. The van der Waals surface area contributed by atoms with E-state index in [4.69, 9.17) is 4.74 Å². The highest BCUT2D eigenvalue weighted by Gasteiger charge is 2.42. The Kier molecular flexibility index (Phi) is 6.46. The monoisotopic (exact) mass is 448 g/mol. The number of carbonyl (C=O) groups is 3. The Morgan fingerprint density at radius 3 is 2.27 bits per heavy atom. The highest BCUT2D eigenvalue weighted by molar-refractivity contribution is 6.35. The van der Waals surface area contributed by atoms with E-state index in [0.717, 1.165) is 18.7 Å². The first-order valence-corrected chi connectivity index (χ1v) is 10.9. The van der Waals surface area contributed by atoms with Crippen LogP contribution >= 0.6 is 0 Å². The van der Waals surface area contributed by atoms with Crippen LogP contribution in [0.4, 0.5) is 5.69 Å². The van der Waals surface area contributed by atoms with Crippen LogP contribution in [0.2, 0.25) is 0 Å². The minimum Gasteiger partial charge on any atom is -0.496 e. The molecule has 2 aliphatic heterocycles. The van der Waals surface area contributed by atoms with E-state index in [1.165, 1.54) is 11.8 Å². The molecule has 0 aliphatic carbocycles. The zero-order chi connectivity index (χ0) is 23.5. The van der Waals surface area contributed by atoms with Gasteiger partial charge in [-0.1, -0.05) is 30.3 Å². The van der Waals surface area contributed by atoms with E-state index < -0.39 is 0 Å². The topological polar surface area (TPSA) is 82.2 Å². The van der Waals surface area contributed by atoms with Gasteiger partial charge in [-0.05, 0) is 30.8 Å². The number of benzene rings is 2. The molecule has 4 rings (SSSR count). The van der Waals surface area contributed by atoms with Crippen LogP contribution in [-0.4, -0.2) is 72.8 Å². The molecule has 8 heteroatoms. The van der Waals surface area contributed by atoms with Crippen LogP contribution in [0.3, 0.4) is 0 Å². The molecular formula is C25H28N4O4. The second-order valence-corrected chi connectivity index (χ2v) is 8.28. The van der Waals surface area contributed by atoms with E-state index in [9.17, 15) is 14.4 Å². The normalized spacial score (nSPS) is 17.1. The number of nitrogens with one attached hydrogen (secondary N) is 1. The molecule has 0 bridgehead atoms. The third-order valence-electron chi connectivity index (χ3n) is 5.98. The molecule has 2 aliphatic rings. The number of ether oxygens (including phenoxy) is 1. The number of methoxy groups -OCH3 is 1. The molecule has 1 saturated heterocycles. The highest BCUT2D eigenvalue weighted by Crippen LogP contribution is 2.34. The van der Waals surface area contributed by atoms with Crippen molar-refractivity contribution in [1.82, 2.24) is 14.7 Å². The lowest BCUT2D eigenvalue weighted by atomic mass is 10.0. The molecule has 2 aromatic carbocycles. The first-order chi connectivity index (χ1) is 15.9. The Balaban J connectivity index is 1.71. The van der Waals surface area contributed by atoms with Gasteiger partial charge in [0.05, 0.1) is 19.2 Å². The van der Waals surface area contributed by atoms with Crippen molar-refractivity contribution in [3.63, 3.8) is 0 Å². The molecule has 2 heterocycles. The minimum absolute atomic E-state index is 0.131. The van der Waals surface area contributed by atoms with Crippen molar-refractivity contribution in [2.45, 2.75) is 13.5 Å². The number of piperazine rings is 1. The summed E-state index contributed by atoms with van der Waals surface area (Å²) in [4.78, 5) is 44.1. The molecule has 1 fully saturated rings. The molecule has 8 nitrogen and oxygen atoms in total. The summed E-state index contributed by atoms with van der Waals surface area (Å²) in [7, 11) is 3.62. The third-order valence-corrected chi connectivity index (χ3v) is 5.98. The number of hydrogen-bond acceptors (Lipinski definition) is 6. The molecule has 0 unspecified atom stereocenters. The van der Waals surface area contributed by atoms with Crippen molar-refractivity contribution in [2.24, 2.45) is 0 Å². The van der Waals surface area contributed by atoms with Crippen molar-refractivity contribution in [1.29, 1.82) is 0 Å². The Bertz CT molecular complexity index is 1100. The number of rotatable bonds is 6. The molecule has 2 aromatic rings. The Morgan fingerprint density at radius 1 is 0.970 bits per heavy atom. The van der Waals surface area contributed by atoms with Gasteiger partial charge in [-0.3, -0.25) is 19.3 Å². The molecule has 0 atom stereocenters. The number of amides is 3. The maximum absolute atomic E-state index is 13.6. The van der Waals surface area contributed by atoms with E-state index in [1.807, 2.05) is 36.2 Å². The Morgan fingerprint density at radius 2 is 1.64 bits per heavy atom. The second-order valence-electron chi connectivity index (χ2n) is 8.28. The Labute approximate surface area is 193 Å². The number of nitrogens with zero attached hydrogens (tertiary/aromatic N) is 3. The fraction of sp³-hybridized carbons (Fsp3) is 0.320. The van der Waals surface area contributed by atoms with Crippen LogP contribution in [0.15, 0.2) is 54.2 Å². The van der Waals surface area contributed by atoms with Crippen molar-refractivity contribution < 1.29 is 19.1 Å². The number of anilines is 1. The fourth-order valence-electron chi connectivity index (χ4n) is 4.22. The lowest BCUT2D eigenvalue weighted by Crippen LogP contribution is -2.46. The quantitative estimate of drug-likeness (QED) is 0.683. The highest BCUT2D eigenvalue weighted by atomic mass is 16.5. The van der Waals surface area contributed by atoms with Gasteiger partial charge in [0.15, 0.2) is 0 Å². The lowest BCUT2D eigenvalue weighted by molar-refractivity contribution is -0.138. The van der Waals surface area contributed by atoms with Gasteiger partial charge in [-0.15, -0.1) is 0 Å². The van der Waals surface area contributed by atoms with Crippen molar-refractivity contribution >= 4 is 29.0 Å². The van der Waals surface area contributed by atoms with Gasteiger partial charge in [0.1, 0.15) is 11.4 Å². The maximum Gasteiger partial charge on any atom is 0.278 e. The zero-order valence-electron chi connectivity index (χ0n) is 19.1. The van der Waals surface area contributed by atoms with Crippen LogP contribution in [0.1, 0.15) is 18.1 Å². The summed E-state index contributed by atoms with van der Waals surface area (Å²) in [5.74, 6) is -0.161. The van der Waals surface area contributed by atoms with Crippen LogP contribution in [0.5, 0.6) is 5.75 Å². The first-order valence-electron chi connectivity index (χ1n) is 10.9. The van der Waals surface area contributed by atoms with Gasteiger partial charge in [0, 0.05) is 44.4 Å². The van der Waals surface area contributed by atoms with Crippen molar-refractivity contribution in [3.05, 3.63) is 65.4 Å². The fourth-order valence-corrected chi connectivity index (χ4v) is 4.22. The van der Waals surface area contributed by atoms with E-state index >= 15 is 0 Å². The van der Waals surface area contributed by atoms with Crippen LogP contribution in [-0.2, 0) is 20.9 Å². The van der Waals surface area contributed by atoms with Crippen molar-refractivity contribution in [3.8, 4) is 5.75 Å². The van der Waals surface area contributed by atoms with E-state index in [1.54, 1.807) is 31.4 Å². The summed E-state index contributed by atoms with van der Waals surface area (Å²) < 4.78 is 5.42. The van der Waals surface area contributed by atoms with Gasteiger partial charge in [0.2, 0.25) is 5.91 Å². The van der Waals surface area contributed by atoms with Gasteiger partial charge in [-0.2, -0.15) is 0 Å². The SMILES string of the molecule is COc1ccccc1CN1C(=O)C(c2ccc(NC(C)=O)cc2)=C(N2CCN(C)CC2)C1=O. The van der Waals surface area contributed by atoms with Gasteiger partial charge in [-0.25, -0.2) is 0 Å². The predicted octanol–water partition coefficient (Wildman–Crippen LogP) is 2.18. The molecule has 0 aromatic heterocycles. The smallest absolute Gasteiger partial charge is 0.278 e. The molecule has 172 valence electrons. The summed E-state index contributed by atoms with van der Waals surface area (Å²) in [6, 6.07) is 14.4. The molecule has 0 radical (unpaired) electrons. The van der Waals surface area contributed by atoms with Crippen molar-refractivity contribution in [2.75, 3.05) is 45.7 Å². The van der Waals surface area contributed by atoms with E-state index in [-0.39, 0.29) is 24.3 Å². The summed E-state index contributed by atoms with van der Waals surface area (Å²) in [5, 5.41) is 2.73. The molecular weight excluding hydrogens is 420 g/mol. The maximum atomic E-state index is 13.6. The number of imide groups is 1. The zero-order valence-corrected chi connectivity index (χ0v) is 19.1. The van der Waals surface area contributed by atoms with Crippen LogP contribution in [0.25, 0.3) is 5.57 Å². The standard InChI is InChI=1S/C25H28N4O4/c1-17(30)26-20-10-8-18(9-11-20)22-23(28-14-12-27(2)13-15-28)25(32)29(24(22)31)16-19-6-4-5-7-21(19)33-3/h4-11H,12-16H2,1-3H3,(H,26,30). The number of likely N-dealkylation sites (N-methyl/N-ethyl adjacent to an activating group) is 1. The molecule has 0 spiro atoms. The summed E-state index contributed by atoms with van der Waals surface area (Å²) in [5.41, 5.74) is 2.89. The number of para-hydroxylation sites is 1. The molecule has 0 saturated carbocycles. The summed E-state index contributed by atoms with van der Waals surface area (Å²) in [6.07, 6.45) is 0. The van der Waals surface area contributed by atoms with Crippen LogP contribution < -0.4 is 10.1 Å². The van der Waals surface area contributed by atoms with Gasteiger partial charge >= 0.3 is 0 Å². The predicted molar refractivity (Wildman–Crippen MR) is 125 cm³/mol. The van der Waals surface area contributed by atoms with Gasteiger partial charge < -0.3 is 19.9 Å². The van der Waals surface area contributed by atoms with E-state index in [2.05, 4.69) is 10.2 Å². The average molecular weight is 449 g/mol. The summed E-state index contributed by atoms with van der Waals surface area (Å²) >= 11 is 0. The molecule has 1 N–H and O–H groups in total.